The monoisotopic (exact) mass is 561 g/mol. The first-order valence-corrected chi connectivity index (χ1v) is 19.5. The Bertz CT molecular complexity index is 1100. The molecular weight excluding hydrogens is 519 g/mol. The highest BCUT2D eigenvalue weighted by Gasteiger charge is 2.22. The Labute approximate surface area is 234 Å². The van der Waals surface area contributed by atoms with Gasteiger partial charge in [-0.05, 0) is 72.4 Å². The molecule has 3 aromatic carbocycles. The quantitative estimate of drug-likeness (QED) is 0.302. The third-order valence-electron chi connectivity index (χ3n) is 7.64. The number of ether oxygens (including phenoxy) is 1. The second kappa shape index (κ2) is 15.4. The first kappa shape index (κ1) is 28.1. The van der Waals surface area contributed by atoms with E-state index < -0.39 is 0 Å². The van der Waals surface area contributed by atoms with Gasteiger partial charge < -0.3 is 4.74 Å². The summed E-state index contributed by atoms with van der Waals surface area (Å²) >= 11 is 0. The Morgan fingerprint density at radius 1 is 0.605 bits per heavy atom. The maximum atomic E-state index is 6.09. The van der Waals surface area contributed by atoms with E-state index in [0.29, 0.717) is 6.10 Å². The predicted molar refractivity (Wildman–Crippen MR) is 173 cm³/mol. The lowest BCUT2D eigenvalue weighted by atomic mass is 10.1. The molecule has 1 saturated heterocycles. The van der Waals surface area contributed by atoms with Gasteiger partial charge in [-0.25, -0.2) is 0 Å². The minimum Gasteiger partial charge on any atom is -0.378 e. The van der Waals surface area contributed by atoms with Gasteiger partial charge in [-0.1, -0.05) is 115 Å². The molecule has 3 aromatic rings. The molecule has 1 fully saturated rings. The predicted octanol–water partition coefficient (Wildman–Crippen LogP) is 7.21. The molecule has 2 aliphatic heterocycles. The number of benzene rings is 3. The molecule has 0 radical (unpaired) electrons. The van der Waals surface area contributed by atoms with Crippen LogP contribution in [0, 0.1) is 0 Å². The van der Waals surface area contributed by atoms with E-state index in [1.807, 2.05) is 0 Å². The van der Waals surface area contributed by atoms with Gasteiger partial charge >= 0.3 is 0 Å². The molecule has 0 amide bonds. The topological polar surface area (TPSA) is 21.6 Å². The van der Waals surface area contributed by atoms with Crippen molar-refractivity contribution in [3.8, 4) is 0 Å². The highest BCUT2D eigenvalue weighted by atomic mass is 31.1. The smallest absolute Gasteiger partial charge is 0.0628 e. The largest absolute Gasteiger partial charge is 0.378 e. The van der Waals surface area contributed by atoms with Gasteiger partial charge in [0.1, 0.15) is 0 Å². The van der Waals surface area contributed by atoms with Crippen LogP contribution < -0.4 is 15.9 Å². The Hall–Kier alpha value is -1.42. The molecule has 2 heterocycles. The van der Waals surface area contributed by atoms with E-state index in [9.17, 15) is 0 Å². The highest BCUT2D eigenvalue weighted by molar-refractivity contribution is 7.67. The minimum absolute atomic E-state index is 0.103. The van der Waals surface area contributed by atoms with E-state index in [0.717, 1.165) is 25.7 Å². The van der Waals surface area contributed by atoms with E-state index in [-0.39, 0.29) is 23.8 Å². The van der Waals surface area contributed by atoms with Gasteiger partial charge in [0.15, 0.2) is 0 Å². The Balaban J connectivity index is 1.40. The molecule has 4 unspecified atom stereocenters. The van der Waals surface area contributed by atoms with E-state index >= 15 is 0 Å². The van der Waals surface area contributed by atoms with Crippen LogP contribution in [0.1, 0.15) is 32.1 Å². The second-order valence-electron chi connectivity index (χ2n) is 10.4. The first-order chi connectivity index (χ1) is 18.8. The molecule has 0 bridgehead atoms. The molecule has 0 N–H and O–H groups in total. The van der Waals surface area contributed by atoms with Crippen LogP contribution in [0.25, 0.3) is 0 Å². The summed E-state index contributed by atoms with van der Waals surface area (Å²) in [4.78, 5) is 5.36. The van der Waals surface area contributed by atoms with Crippen molar-refractivity contribution in [3.05, 3.63) is 91.0 Å². The zero-order chi connectivity index (χ0) is 25.8. The summed E-state index contributed by atoms with van der Waals surface area (Å²) < 4.78 is 6.09. The SMILES string of the molecule is c1ccc(P2CCCP(c3ccccc3)CCN=C(CC3CCCO3)CP(c3ccccc3)CCC2)cc1. The van der Waals surface area contributed by atoms with E-state index in [4.69, 9.17) is 9.73 Å². The Morgan fingerprint density at radius 2 is 1.11 bits per heavy atom. The zero-order valence-corrected chi connectivity index (χ0v) is 25.3. The van der Waals surface area contributed by atoms with Gasteiger partial charge in [-0.15, -0.1) is 0 Å². The maximum absolute atomic E-state index is 6.09. The van der Waals surface area contributed by atoms with Crippen LogP contribution in [0.15, 0.2) is 96.0 Å². The van der Waals surface area contributed by atoms with Crippen molar-refractivity contribution in [3.63, 3.8) is 0 Å². The lowest BCUT2D eigenvalue weighted by molar-refractivity contribution is 0.116. The lowest BCUT2D eigenvalue weighted by Crippen LogP contribution is -2.20. The summed E-state index contributed by atoms with van der Waals surface area (Å²) in [5.74, 6) is 0. The average molecular weight is 562 g/mol. The van der Waals surface area contributed by atoms with E-state index in [1.165, 1.54) is 62.2 Å². The number of hydrogen-bond donors (Lipinski definition) is 0. The van der Waals surface area contributed by atoms with Crippen LogP contribution in [0.5, 0.6) is 0 Å². The molecule has 5 heteroatoms. The van der Waals surface area contributed by atoms with E-state index in [2.05, 4.69) is 91.0 Å². The van der Waals surface area contributed by atoms with Crippen molar-refractivity contribution in [1.82, 2.24) is 0 Å². The number of hydrogen-bond acceptors (Lipinski definition) is 2. The molecule has 2 aliphatic rings. The van der Waals surface area contributed by atoms with Crippen molar-refractivity contribution >= 4 is 45.4 Å². The van der Waals surface area contributed by atoms with Gasteiger partial charge in [0, 0.05) is 31.4 Å². The molecule has 200 valence electrons. The molecule has 4 atom stereocenters. The highest BCUT2D eigenvalue weighted by Crippen LogP contribution is 2.43. The third-order valence-corrected chi connectivity index (χ3v) is 15.6. The van der Waals surface area contributed by atoms with Crippen LogP contribution in [-0.2, 0) is 4.74 Å². The normalized spacial score (nSPS) is 25.8. The molecule has 0 aromatic heterocycles. The molecule has 0 saturated carbocycles. The lowest BCUT2D eigenvalue weighted by Gasteiger charge is -2.25. The summed E-state index contributed by atoms with van der Waals surface area (Å²) in [6.07, 6.45) is 14.2. The molecule has 5 rings (SSSR count). The number of rotatable bonds is 5. The van der Waals surface area contributed by atoms with Crippen LogP contribution in [0.3, 0.4) is 0 Å². The standard InChI is InChI=1S/C33H42NOP3/c1-4-14-31(15-5-1)36-22-11-24-37(32-16-6-2-7-17-32)26-20-34-29(27-30-13-10-21-35-30)28-38(25-12-23-36)33-18-8-3-9-19-33/h1-9,14-19,30H,10-13,20-28H2. The Morgan fingerprint density at radius 3 is 1.63 bits per heavy atom. The third kappa shape index (κ3) is 8.54. The molecule has 38 heavy (non-hydrogen) atoms. The summed E-state index contributed by atoms with van der Waals surface area (Å²) in [7, 11) is -0.526. The number of aliphatic imine (C=N–C) groups is 1. The fraction of sp³-hybridized carbons (Fsp3) is 0.424. The first-order valence-electron chi connectivity index (χ1n) is 14.4. The zero-order valence-electron chi connectivity index (χ0n) is 22.6. The summed E-state index contributed by atoms with van der Waals surface area (Å²) in [5.41, 5.74) is 1.43. The molecular formula is C33H42NOP3. The van der Waals surface area contributed by atoms with Gasteiger partial charge in [-0.3, -0.25) is 4.99 Å². The Kier molecular flexibility index (Phi) is 11.4. The van der Waals surface area contributed by atoms with Gasteiger partial charge in [0.2, 0.25) is 0 Å². The van der Waals surface area contributed by atoms with Crippen molar-refractivity contribution in [2.75, 3.05) is 50.1 Å². The number of nitrogens with zero attached hydrogens (tertiary/aromatic N) is 1. The summed E-state index contributed by atoms with van der Waals surface area (Å²) in [6, 6.07) is 34.1. The summed E-state index contributed by atoms with van der Waals surface area (Å²) in [6.45, 7) is 1.89. The molecule has 0 spiro atoms. The minimum atomic E-state index is -0.248. The van der Waals surface area contributed by atoms with Crippen LogP contribution in [0.4, 0.5) is 0 Å². The van der Waals surface area contributed by atoms with Gasteiger partial charge in [0.25, 0.3) is 0 Å². The molecule has 0 aliphatic carbocycles. The second-order valence-corrected chi connectivity index (χ2v) is 17.7. The van der Waals surface area contributed by atoms with Crippen LogP contribution in [0.2, 0.25) is 0 Å². The van der Waals surface area contributed by atoms with Crippen LogP contribution in [-0.4, -0.2) is 61.9 Å². The van der Waals surface area contributed by atoms with Crippen molar-refractivity contribution in [2.24, 2.45) is 4.99 Å². The maximum Gasteiger partial charge on any atom is 0.0628 e. The summed E-state index contributed by atoms with van der Waals surface area (Å²) in [5, 5.41) is 4.70. The molecule has 2 nitrogen and oxygen atoms in total. The van der Waals surface area contributed by atoms with E-state index in [1.54, 1.807) is 15.9 Å². The fourth-order valence-electron chi connectivity index (χ4n) is 5.66. The average Bonchev–Trinajstić information content (AvgIpc) is 3.49. The van der Waals surface area contributed by atoms with Crippen molar-refractivity contribution < 1.29 is 4.74 Å². The van der Waals surface area contributed by atoms with Crippen molar-refractivity contribution in [1.29, 1.82) is 0 Å². The van der Waals surface area contributed by atoms with Crippen LogP contribution >= 0.6 is 23.8 Å². The van der Waals surface area contributed by atoms with Crippen molar-refractivity contribution in [2.45, 2.75) is 38.2 Å². The fourth-order valence-corrected chi connectivity index (χ4v) is 13.2. The van der Waals surface area contributed by atoms with Gasteiger partial charge in [0.05, 0.1) is 6.10 Å². The van der Waals surface area contributed by atoms with Gasteiger partial charge in [-0.2, -0.15) is 0 Å².